The maximum absolute atomic E-state index is 12.7. The minimum atomic E-state index is -0.283. The van der Waals surface area contributed by atoms with Crippen molar-refractivity contribution in [2.45, 2.75) is 12.6 Å². The molecule has 0 saturated heterocycles. The van der Waals surface area contributed by atoms with E-state index < -0.39 is 0 Å². The van der Waals surface area contributed by atoms with Crippen molar-refractivity contribution >= 4 is 5.91 Å². The maximum atomic E-state index is 12.7. The third-order valence-corrected chi connectivity index (χ3v) is 4.26. The van der Waals surface area contributed by atoms with Crippen LogP contribution in [0, 0.1) is 0 Å². The third kappa shape index (κ3) is 3.95. The summed E-state index contributed by atoms with van der Waals surface area (Å²) in [5.74, 6) is 0.279. The average Bonchev–Trinajstić information content (AvgIpc) is 3.41. The van der Waals surface area contributed by atoms with Crippen molar-refractivity contribution in [1.29, 1.82) is 0 Å². The van der Waals surface area contributed by atoms with Crippen molar-refractivity contribution < 1.29 is 9.32 Å². The van der Waals surface area contributed by atoms with Gasteiger partial charge in [0.05, 0.1) is 12.4 Å². The Bertz CT molecular complexity index is 995. The first kappa shape index (κ1) is 16.8. The number of carbonyl (C=O) groups is 1. The molecule has 2 aromatic carbocycles. The number of rotatable bonds is 6. The molecule has 6 heteroatoms. The van der Waals surface area contributed by atoms with Crippen LogP contribution in [0.2, 0.25) is 0 Å². The Hall–Kier alpha value is -3.67. The second kappa shape index (κ2) is 7.70. The van der Waals surface area contributed by atoms with Crippen molar-refractivity contribution in [2.75, 3.05) is 0 Å². The molecule has 0 spiro atoms. The SMILES string of the molecule is O=C(N[C@@H](Cn1ccnc1)c1ccccc1)c1cc(-c2ccccc2)on1. The molecule has 2 aromatic heterocycles. The van der Waals surface area contributed by atoms with E-state index in [1.165, 1.54) is 0 Å². The number of benzene rings is 2. The zero-order valence-electron chi connectivity index (χ0n) is 14.5. The van der Waals surface area contributed by atoms with E-state index in [0.29, 0.717) is 12.3 Å². The van der Waals surface area contributed by atoms with Crippen LogP contribution in [0.3, 0.4) is 0 Å². The van der Waals surface area contributed by atoms with Crippen LogP contribution in [0.4, 0.5) is 0 Å². The Morgan fingerprint density at radius 2 is 1.81 bits per heavy atom. The van der Waals surface area contributed by atoms with Gasteiger partial charge in [-0.25, -0.2) is 4.98 Å². The minimum absolute atomic E-state index is 0.218. The van der Waals surface area contributed by atoms with E-state index in [0.717, 1.165) is 11.1 Å². The summed E-state index contributed by atoms with van der Waals surface area (Å²) in [6, 6.07) is 20.8. The second-order valence-corrected chi connectivity index (χ2v) is 6.14. The number of nitrogens with zero attached hydrogens (tertiary/aromatic N) is 3. The third-order valence-electron chi connectivity index (χ3n) is 4.26. The van der Waals surface area contributed by atoms with E-state index in [1.54, 1.807) is 18.6 Å². The molecule has 0 saturated carbocycles. The fourth-order valence-electron chi connectivity index (χ4n) is 2.88. The minimum Gasteiger partial charge on any atom is -0.355 e. The highest BCUT2D eigenvalue weighted by atomic mass is 16.5. The Labute approximate surface area is 156 Å². The molecule has 0 aliphatic rings. The summed E-state index contributed by atoms with van der Waals surface area (Å²) in [6.45, 7) is 0.569. The number of imidazole rings is 1. The maximum Gasteiger partial charge on any atom is 0.274 e. The molecule has 0 aliphatic heterocycles. The van der Waals surface area contributed by atoms with Crippen molar-refractivity contribution in [1.82, 2.24) is 20.0 Å². The van der Waals surface area contributed by atoms with Gasteiger partial charge in [0.15, 0.2) is 11.5 Å². The van der Waals surface area contributed by atoms with Crippen molar-refractivity contribution in [2.24, 2.45) is 0 Å². The van der Waals surface area contributed by atoms with E-state index in [4.69, 9.17) is 4.52 Å². The normalized spacial score (nSPS) is 11.9. The molecule has 134 valence electrons. The summed E-state index contributed by atoms with van der Waals surface area (Å²) in [7, 11) is 0. The highest BCUT2D eigenvalue weighted by Crippen LogP contribution is 2.21. The first-order valence-electron chi connectivity index (χ1n) is 8.63. The summed E-state index contributed by atoms with van der Waals surface area (Å²) in [5.41, 5.74) is 2.13. The lowest BCUT2D eigenvalue weighted by molar-refractivity contribution is 0.0923. The van der Waals surface area contributed by atoms with Gasteiger partial charge in [-0.05, 0) is 5.56 Å². The Morgan fingerprint density at radius 1 is 1.07 bits per heavy atom. The van der Waals surface area contributed by atoms with Gasteiger partial charge >= 0.3 is 0 Å². The van der Waals surface area contributed by atoms with Gasteiger partial charge in [-0.1, -0.05) is 65.8 Å². The summed E-state index contributed by atoms with van der Waals surface area (Å²) in [5, 5.41) is 6.97. The molecule has 1 amide bonds. The number of nitrogens with one attached hydrogen (secondary N) is 1. The smallest absolute Gasteiger partial charge is 0.274 e. The van der Waals surface area contributed by atoms with E-state index >= 15 is 0 Å². The molecule has 0 unspecified atom stereocenters. The fraction of sp³-hybridized carbons (Fsp3) is 0.0952. The van der Waals surface area contributed by atoms with Crippen molar-refractivity contribution in [3.05, 3.63) is 96.7 Å². The lowest BCUT2D eigenvalue weighted by Gasteiger charge is -2.19. The van der Waals surface area contributed by atoms with Gasteiger partial charge in [0.1, 0.15) is 0 Å². The molecule has 2 heterocycles. The van der Waals surface area contributed by atoms with Gasteiger partial charge in [-0.2, -0.15) is 0 Å². The van der Waals surface area contributed by atoms with E-state index in [1.807, 2.05) is 71.4 Å². The van der Waals surface area contributed by atoms with Gasteiger partial charge in [-0.15, -0.1) is 0 Å². The fourth-order valence-corrected chi connectivity index (χ4v) is 2.88. The Kier molecular flexibility index (Phi) is 4.78. The van der Waals surface area contributed by atoms with Crippen LogP contribution in [-0.4, -0.2) is 20.6 Å². The molecule has 27 heavy (non-hydrogen) atoms. The Balaban J connectivity index is 1.54. The monoisotopic (exact) mass is 358 g/mol. The molecule has 4 aromatic rings. The van der Waals surface area contributed by atoms with Gasteiger partial charge in [-0.3, -0.25) is 4.79 Å². The zero-order valence-corrected chi connectivity index (χ0v) is 14.5. The number of hydrogen-bond acceptors (Lipinski definition) is 4. The van der Waals surface area contributed by atoms with Crippen LogP contribution in [0.5, 0.6) is 0 Å². The van der Waals surface area contributed by atoms with Crippen LogP contribution in [0.15, 0.2) is 90.0 Å². The average molecular weight is 358 g/mol. The molecule has 1 atom stereocenters. The van der Waals surface area contributed by atoms with E-state index in [2.05, 4.69) is 15.5 Å². The van der Waals surface area contributed by atoms with Crippen molar-refractivity contribution in [3.63, 3.8) is 0 Å². The number of hydrogen-bond donors (Lipinski definition) is 1. The summed E-state index contributed by atoms with van der Waals surface area (Å²) in [4.78, 5) is 16.8. The van der Waals surface area contributed by atoms with Gasteiger partial charge in [0.25, 0.3) is 5.91 Å². The molecule has 0 aliphatic carbocycles. The van der Waals surface area contributed by atoms with Crippen LogP contribution >= 0.6 is 0 Å². The largest absolute Gasteiger partial charge is 0.355 e. The topological polar surface area (TPSA) is 73.0 Å². The summed E-state index contributed by atoms with van der Waals surface area (Å²) < 4.78 is 7.27. The zero-order chi connectivity index (χ0) is 18.5. The molecule has 0 radical (unpaired) electrons. The van der Waals surface area contributed by atoms with E-state index in [-0.39, 0.29) is 17.6 Å². The molecular formula is C21H18N4O2. The predicted molar refractivity (Wildman–Crippen MR) is 101 cm³/mol. The van der Waals surface area contributed by atoms with Gasteiger partial charge in [0, 0.05) is 30.6 Å². The van der Waals surface area contributed by atoms with Gasteiger partial charge < -0.3 is 14.4 Å². The molecule has 0 fully saturated rings. The molecule has 6 nitrogen and oxygen atoms in total. The standard InChI is InChI=1S/C21H18N4O2/c26-21(18-13-20(27-24-18)17-9-5-2-6-10-17)23-19(14-25-12-11-22-15-25)16-7-3-1-4-8-16/h1-13,15,19H,14H2,(H,23,26)/t19-/m0/s1. The number of aromatic nitrogens is 3. The van der Waals surface area contributed by atoms with Crippen LogP contribution < -0.4 is 5.32 Å². The summed E-state index contributed by atoms with van der Waals surface area (Å²) in [6.07, 6.45) is 5.31. The molecular weight excluding hydrogens is 340 g/mol. The summed E-state index contributed by atoms with van der Waals surface area (Å²) >= 11 is 0. The van der Waals surface area contributed by atoms with Crippen LogP contribution in [0.1, 0.15) is 22.1 Å². The first-order valence-corrected chi connectivity index (χ1v) is 8.63. The van der Waals surface area contributed by atoms with E-state index in [9.17, 15) is 4.79 Å². The quantitative estimate of drug-likeness (QED) is 0.570. The molecule has 4 rings (SSSR count). The predicted octanol–water partition coefficient (Wildman–Crippen LogP) is 3.71. The number of carbonyl (C=O) groups excluding carboxylic acids is 1. The lowest BCUT2D eigenvalue weighted by atomic mass is 10.1. The van der Waals surface area contributed by atoms with Crippen LogP contribution in [0.25, 0.3) is 11.3 Å². The van der Waals surface area contributed by atoms with Crippen molar-refractivity contribution in [3.8, 4) is 11.3 Å². The molecule has 0 bridgehead atoms. The second-order valence-electron chi connectivity index (χ2n) is 6.14. The number of amides is 1. The first-order chi connectivity index (χ1) is 13.3. The molecule has 1 N–H and O–H groups in total. The lowest BCUT2D eigenvalue weighted by Crippen LogP contribution is -2.31. The highest BCUT2D eigenvalue weighted by molar-refractivity contribution is 5.93. The highest BCUT2D eigenvalue weighted by Gasteiger charge is 2.19. The van der Waals surface area contributed by atoms with Crippen LogP contribution in [-0.2, 0) is 6.54 Å². The Morgan fingerprint density at radius 3 is 2.52 bits per heavy atom. The van der Waals surface area contributed by atoms with Gasteiger partial charge in [0.2, 0.25) is 0 Å².